The third kappa shape index (κ3) is 1.88. The van der Waals surface area contributed by atoms with E-state index in [1.807, 2.05) is 6.92 Å². The summed E-state index contributed by atoms with van der Waals surface area (Å²) >= 11 is 0. The molecule has 0 bridgehead atoms. The Hall–Kier alpha value is -1.23. The molecule has 0 aromatic carbocycles. The molecule has 0 aliphatic heterocycles. The van der Waals surface area contributed by atoms with Gasteiger partial charge in [-0.15, -0.1) is 10.2 Å². The van der Waals surface area contributed by atoms with Gasteiger partial charge in [0.05, 0.1) is 6.20 Å². The van der Waals surface area contributed by atoms with Gasteiger partial charge in [-0.3, -0.25) is 0 Å². The number of aromatic nitrogens is 3. The SMILES string of the molecule is CCN(c1ccnnn1)C(C)O. The highest BCUT2D eigenvalue weighted by atomic mass is 16.3. The molecular formula is C7H12N4O. The highest BCUT2D eigenvalue weighted by molar-refractivity contribution is 5.35. The summed E-state index contributed by atoms with van der Waals surface area (Å²) in [5.41, 5.74) is 0. The maximum absolute atomic E-state index is 9.30. The molecule has 1 aromatic rings. The third-order valence-corrected chi connectivity index (χ3v) is 1.58. The molecule has 5 nitrogen and oxygen atoms in total. The molecular weight excluding hydrogens is 156 g/mol. The van der Waals surface area contributed by atoms with Crippen molar-refractivity contribution >= 4 is 5.82 Å². The van der Waals surface area contributed by atoms with Crippen LogP contribution in [0.25, 0.3) is 0 Å². The predicted octanol–water partition coefficient (Wildman–Crippen LogP) is 0.0362. The van der Waals surface area contributed by atoms with Crippen molar-refractivity contribution in [3.63, 3.8) is 0 Å². The van der Waals surface area contributed by atoms with Crippen LogP contribution in [0.1, 0.15) is 13.8 Å². The van der Waals surface area contributed by atoms with Crippen molar-refractivity contribution in [1.82, 2.24) is 15.4 Å². The first-order valence-corrected chi connectivity index (χ1v) is 3.84. The lowest BCUT2D eigenvalue weighted by atomic mass is 10.4. The second-order valence-electron chi connectivity index (χ2n) is 2.40. The number of nitrogens with zero attached hydrogens (tertiary/aromatic N) is 4. The van der Waals surface area contributed by atoms with E-state index in [-0.39, 0.29) is 0 Å². The Bertz CT molecular complexity index is 226. The van der Waals surface area contributed by atoms with Crippen LogP contribution in [0.2, 0.25) is 0 Å². The summed E-state index contributed by atoms with van der Waals surface area (Å²) in [7, 11) is 0. The lowest BCUT2D eigenvalue weighted by Crippen LogP contribution is -2.33. The van der Waals surface area contributed by atoms with Crippen molar-refractivity contribution in [3.8, 4) is 0 Å². The van der Waals surface area contributed by atoms with Crippen LogP contribution in [-0.4, -0.2) is 33.3 Å². The molecule has 1 unspecified atom stereocenters. The van der Waals surface area contributed by atoms with Gasteiger partial charge in [0.25, 0.3) is 0 Å². The summed E-state index contributed by atoms with van der Waals surface area (Å²) in [4.78, 5) is 1.72. The van der Waals surface area contributed by atoms with Crippen LogP contribution in [0.3, 0.4) is 0 Å². The van der Waals surface area contributed by atoms with E-state index in [1.54, 1.807) is 24.1 Å². The first-order valence-electron chi connectivity index (χ1n) is 3.84. The molecule has 1 atom stereocenters. The van der Waals surface area contributed by atoms with Gasteiger partial charge in [-0.05, 0) is 19.1 Å². The van der Waals surface area contributed by atoms with Crippen molar-refractivity contribution in [2.75, 3.05) is 11.4 Å². The fourth-order valence-electron chi connectivity index (χ4n) is 1.01. The molecule has 5 heteroatoms. The molecule has 0 aliphatic rings. The smallest absolute Gasteiger partial charge is 0.156 e. The van der Waals surface area contributed by atoms with E-state index >= 15 is 0 Å². The van der Waals surface area contributed by atoms with Gasteiger partial charge in [0, 0.05) is 12.6 Å². The van der Waals surface area contributed by atoms with Crippen LogP contribution >= 0.6 is 0 Å². The van der Waals surface area contributed by atoms with Crippen LogP contribution in [0, 0.1) is 0 Å². The molecule has 0 spiro atoms. The Kier molecular flexibility index (Phi) is 2.93. The average Bonchev–Trinajstić information content (AvgIpc) is 2.07. The highest BCUT2D eigenvalue weighted by Crippen LogP contribution is 2.08. The normalized spacial score (nSPS) is 12.6. The number of hydrogen-bond donors (Lipinski definition) is 1. The van der Waals surface area contributed by atoms with E-state index in [9.17, 15) is 5.11 Å². The summed E-state index contributed by atoms with van der Waals surface area (Å²) in [6, 6.07) is 1.71. The van der Waals surface area contributed by atoms with Gasteiger partial charge in [0.1, 0.15) is 6.23 Å². The summed E-state index contributed by atoms with van der Waals surface area (Å²) in [5, 5.41) is 20.1. The Morgan fingerprint density at radius 3 is 2.83 bits per heavy atom. The predicted molar refractivity (Wildman–Crippen MR) is 44.5 cm³/mol. The standard InChI is InChI=1S/C7H12N4O/c1-3-11(6(2)12)7-4-5-8-10-9-7/h4-6,12H,3H2,1-2H3. The zero-order chi connectivity index (χ0) is 8.97. The van der Waals surface area contributed by atoms with Crippen LogP contribution in [0.5, 0.6) is 0 Å². The molecule has 1 aromatic heterocycles. The summed E-state index contributed by atoms with van der Waals surface area (Å²) in [5.74, 6) is 0.641. The fraction of sp³-hybridized carbons (Fsp3) is 0.571. The van der Waals surface area contributed by atoms with Crippen molar-refractivity contribution in [1.29, 1.82) is 0 Å². The Balaban J connectivity index is 2.80. The number of hydrogen-bond acceptors (Lipinski definition) is 5. The Morgan fingerprint density at radius 1 is 1.67 bits per heavy atom. The first kappa shape index (κ1) is 8.86. The van der Waals surface area contributed by atoms with E-state index < -0.39 is 6.23 Å². The molecule has 0 saturated carbocycles. The minimum absolute atomic E-state index is 0.549. The highest BCUT2D eigenvalue weighted by Gasteiger charge is 2.10. The van der Waals surface area contributed by atoms with Gasteiger partial charge < -0.3 is 10.0 Å². The van der Waals surface area contributed by atoms with E-state index in [0.29, 0.717) is 12.4 Å². The lowest BCUT2D eigenvalue weighted by Gasteiger charge is -2.23. The zero-order valence-corrected chi connectivity index (χ0v) is 7.18. The average molecular weight is 168 g/mol. The number of aliphatic hydroxyl groups excluding tert-OH is 1. The van der Waals surface area contributed by atoms with Gasteiger partial charge in [0.2, 0.25) is 0 Å². The number of anilines is 1. The molecule has 0 radical (unpaired) electrons. The van der Waals surface area contributed by atoms with Crippen molar-refractivity contribution < 1.29 is 5.11 Å². The molecule has 1 N–H and O–H groups in total. The van der Waals surface area contributed by atoms with Crippen LogP contribution in [0.4, 0.5) is 5.82 Å². The van der Waals surface area contributed by atoms with Gasteiger partial charge in [0.15, 0.2) is 5.82 Å². The maximum atomic E-state index is 9.30. The van der Waals surface area contributed by atoms with E-state index in [4.69, 9.17) is 0 Å². The molecule has 0 fully saturated rings. The number of aliphatic hydroxyl groups is 1. The fourth-order valence-corrected chi connectivity index (χ4v) is 1.01. The molecule has 66 valence electrons. The minimum Gasteiger partial charge on any atom is -0.374 e. The monoisotopic (exact) mass is 168 g/mol. The molecule has 12 heavy (non-hydrogen) atoms. The van der Waals surface area contributed by atoms with Crippen molar-refractivity contribution in [2.24, 2.45) is 0 Å². The maximum Gasteiger partial charge on any atom is 0.156 e. The quantitative estimate of drug-likeness (QED) is 0.645. The Morgan fingerprint density at radius 2 is 2.42 bits per heavy atom. The van der Waals surface area contributed by atoms with Crippen LogP contribution in [-0.2, 0) is 0 Å². The zero-order valence-electron chi connectivity index (χ0n) is 7.18. The summed E-state index contributed by atoms with van der Waals surface area (Å²) < 4.78 is 0. The van der Waals surface area contributed by atoms with Gasteiger partial charge >= 0.3 is 0 Å². The molecule has 1 rings (SSSR count). The van der Waals surface area contributed by atoms with Gasteiger partial charge in [-0.25, -0.2) is 0 Å². The molecule has 0 aliphatic carbocycles. The van der Waals surface area contributed by atoms with Gasteiger partial charge in [-0.1, -0.05) is 0 Å². The third-order valence-electron chi connectivity index (χ3n) is 1.58. The second kappa shape index (κ2) is 3.96. The van der Waals surface area contributed by atoms with Crippen LogP contribution in [0.15, 0.2) is 12.3 Å². The molecule has 1 heterocycles. The largest absolute Gasteiger partial charge is 0.374 e. The van der Waals surface area contributed by atoms with E-state index in [0.717, 1.165) is 0 Å². The summed E-state index contributed by atoms with van der Waals surface area (Å²) in [6.07, 6.45) is 1.000. The molecule has 0 amide bonds. The Labute approximate surface area is 71.0 Å². The molecule has 0 saturated heterocycles. The first-order chi connectivity index (χ1) is 5.75. The van der Waals surface area contributed by atoms with Gasteiger partial charge in [-0.2, -0.15) is 0 Å². The van der Waals surface area contributed by atoms with E-state index in [1.165, 1.54) is 0 Å². The second-order valence-corrected chi connectivity index (χ2v) is 2.40. The summed E-state index contributed by atoms with van der Waals surface area (Å²) in [6.45, 7) is 4.32. The van der Waals surface area contributed by atoms with Crippen molar-refractivity contribution in [3.05, 3.63) is 12.3 Å². The minimum atomic E-state index is -0.549. The number of rotatable bonds is 3. The lowest BCUT2D eigenvalue weighted by molar-refractivity contribution is 0.188. The topological polar surface area (TPSA) is 62.1 Å². The van der Waals surface area contributed by atoms with Crippen molar-refractivity contribution in [2.45, 2.75) is 20.1 Å². The van der Waals surface area contributed by atoms with Crippen LogP contribution < -0.4 is 4.90 Å². The van der Waals surface area contributed by atoms with E-state index in [2.05, 4.69) is 15.4 Å².